The summed E-state index contributed by atoms with van der Waals surface area (Å²) in [5.41, 5.74) is 2.09. The molecule has 0 amide bonds. The number of pyridine rings is 1. The van der Waals surface area contributed by atoms with E-state index in [4.69, 9.17) is 28.3 Å². The van der Waals surface area contributed by atoms with E-state index in [1.54, 1.807) is 10.4 Å². The Balaban J connectivity index is 1.51. The minimum Gasteiger partial charge on any atom is -0.478 e. The van der Waals surface area contributed by atoms with Crippen molar-refractivity contribution < 1.29 is 14.1 Å². The van der Waals surface area contributed by atoms with Crippen LogP contribution in [0, 0.1) is 0 Å². The lowest BCUT2D eigenvalue weighted by Crippen LogP contribution is -2.26. The highest BCUT2D eigenvalue weighted by Gasteiger charge is 2.26. The summed E-state index contributed by atoms with van der Waals surface area (Å²) in [6.07, 6.45) is 5.58. The van der Waals surface area contributed by atoms with Crippen LogP contribution in [-0.2, 0) is 17.5 Å². The highest BCUT2D eigenvalue weighted by molar-refractivity contribution is 7.86. The molecule has 1 aliphatic rings. The van der Waals surface area contributed by atoms with Crippen LogP contribution in [0.25, 0.3) is 10.9 Å². The van der Waals surface area contributed by atoms with Crippen molar-refractivity contribution in [3.8, 4) is 0 Å². The number of carboxylic acid groups (broad SMARTS) is 1. The van der Waals surface area contributed by atoms with E-state index in [-0.39, 0.29) is 17.1 Å². The minimum absolute atomic E-state index is 0.114. The van der Waals surface area contributed by atoms with E-state index in [0.29, 0.717) is 21.8 Å². The smallest absolute Gasteiger partial charge is 0.335 e. The highest BCUT2D eigenvalue weighted by atomic mass is 35.5. The Labute approximate surface area is 202 Å². The minimum atomic E-state index is -1.71. The van der Waals surface area contributed by atoms with E-state index in [9.17, 15) is 9.00 Å². The summed E-state index contributed by atoms with van der Waals surface area (Å²) in [6, 6.07) is 13.9. The van der Waals surface area contributed by atoms with Gasteiger partial charge in [0.25, 0.3) is 0 Å². The quantitative estimate of drug-likeness (QED) is 0.361. The van der Waals surface area contributed by atoms with Crippen LogP contribution < -0.4 is 4.31 Å². The van der Waals surface area contributed by atoms with Gasteiger partial charge >= 0.3 is 5.97 Å². The van der Waals surface area contributed by atoms with Crippen LogP contribution >= 0.6 is 23.2 Å². The van der Waals surface area contributed by atoms with Crippen LogP contribution in [-0.4, -0.2) is 30.0 Å². The molecule has 0 radical (unpaired) electrons. The van der Waals surface area contributed by atoms with Gasteiger partial charge in [-0.25, -0.2) is 14.0 Å². The van der Waals surface area contributed by atoms with E-state index < -0.39 is 17.0 Å². The molecule has 5 rings (SSSR count). The van der Waals surface area contributed by atoms with Gasteiger partial charge in [0.1, 0.15) is 0 Å². The number of fused-ring (bicyclic) bond motifs is 1. The number of carbonyl (C=O) groups is 1. The third kappa shape index (κ3) is 4.46. The van der Waals surface area contributed by atoms with Crippen molar-refractivity contribution in [3.63, 3.8) is 0 Å². The first-order valence-corrected chi connectivity index (χ1v) is 12.1. The number of hydrogen-bond acceptors (Lipinski definition) is 4. The monoisotopic (exact) mass is 500 g/mol. The number of nitrogens with zero attached hydrogens (tertiary/aromatic N) is 4. The van der Waals surface area contributed by atoms with Gasteiger partial charge in [-0.1, -0.05) is 29.3 Å². The number of aromatic nitrogens is 3. The highest BCUT2D eigenvalue weighted by Crippen LogP contribution is 2.37. The van der Waals surface area contributed by atoms with Gasteiger partial charge in [0.15, 0.2) is 16.8 Å². The molecule has 1 saturated carbocycles. The predicted molar refractivity (Wildman–Crippen MR) is 128 cm³/mol. The molecule has 0 bridgehead atoms. The van der Waals surface area contributed by atoms with E-state index in [0.717, 1.165) is 29.3 Å². The van der Waals surface area contributed by atoms with Gasteiger partial charge in [-0.3, -0.25) is 8.99 Å². The largest absolute Gasteiger partial charge is 0.478 e. The SMILES string of the molecule is O=C(O)c1ccc(S(=O)N(Cc2ccc3c(cnn3C3CC3)c2)c2ncc(Cl)cc2Cl)cc1. The first-order chi connectivity index (χ1) is 15.9. The van der Waals surface area contributed by atoms with Crippen LogP contribution in [0.5, 0.6) is 0 Å². The lowest BCUT2D eigenvalue weighted by Gasteiger charge is -2.23. The van der Waals surface area contributed by atoms with Crippen LogP contribution in [0.2, 0.25) is 10.0 Å². The standard InChI is InChI=1S/C23H18Cl2N4O3S/c24-17-10-20(25)22(26-12-17)28(33(32)19-6-2-15(3-7-19)23(30)31)13-14-1-8-21-16(9-14)11-27-29(21)18-4-5-18/h1-3,6-12,18H,4-5,13H2,(H,30,31). The number of halogens is 2. The summed E-state index contributed by atoms with van der Waals surface area (Å²) >= 11 is 12.4. The third-order valence-corrected chi connectivity index (χ3v) is 7.27. The molecule has 0 spiro atoms. The second-order valence-electron chi connectivity index (χ2n) is 7.79. The number of hydrogen-bond donors (Lipinski definition) is 1. The van der Waals surface area contributed by atoms with Gasteiger partial charge in [-0.15, -0.1) is 0 Å². The average molecular weight is 501 g/mol. The predicted octanol–water partition coefficient (Wildman–Crippen LogP) is 5.50. The zero-order valence-corrected chi connectivity index (χ0v) is 19.5. The molecule has 1 unspecified atom stereocenters. The van der Waals surface area contributed by atoms with E-state index in [1.165, 1.54) is 30.5 Å². The lowest BCUT2D eigenvalue weighted by molar-refractivity contribution is 0.0697. The Kier molecular flexibility index (Phi) is 5.82. The molecule has 0 aliphatic heterocycles. The summed E-state index contributed by atoms with van der Waals surface area (Å²) in [5.74, 6) is -0.734. The summed E-state index contributed by atoms with van der Waals surface area (Å²) in [5, 5.41) is 15.3. The molecule has 1 fully saturated rings. The zero-order chi connectivity index (χ0) is 23.1. The molecule has 7 nitrogen and oxygen atoms in total. The molecule has 168 valence electrons. The fraction of sp³-hybridized carbons (Fsp3) is 0.174. The van der Waals surface area contributed by atoms with Crippen LogP contribution in [0.3, 0.4) is 0 Å². The van der Waals surface area contributed by atoms with Gasteiger partial charge in [0, 0.05) is 11.6 Å². The number of benzene rings is 2. The fourth-order valence-corrected chi connectivity index (χ4v) is 5.35. The molecule has 33 heavy (non-hydrogen) atoms. The zero-order valence-electron chi connectivity index (χ0n) is 17.2. The normalized spacial score (nSPS) is 14.4. The van der Waals surface area contributed by atoms with Crippen molar-refractivity contribution in [3.05, 3.63) is 82.1 Å². The molecule has 2 aromatic heterocycles. The average Bonchev–Trinajstić information content (AvgIpc) is 3.56. The molecule has 0 saturated heterocycles. The number of carboxylic acids is 1. The van der Waals surface area contributed by atoms with Gasteiger partial charge in [0.05, 0.1) is 44.8 Å². The van der Waals surface area contributed by atoms with Crippen LogP contribution in [0.1, 0.15) is 34.8 Å². The molecule has 1 aliphatic carbocycles. The maximum absolute atomic E-state index is 13.6. The van der Waals surface area contributed by atoms with E-state index >= 15 is 0 Å². The summed E-state index contributed by atoms with van der Waals surface area (Å²) in [4.78, 5) is 15.9. The van der Waals surface area contributed by atoms with Crippen molar-refractivity contribution in [1.29, 1.82) is 0 Å². The van der Waals surface area contributed by atoms with Gasteiger partial charge in [-0.05, 0) is 60.9 Å². The maximum atomic E-state index is 13.6. The maximum Gasteiger partial charge on any atom is 0.335 e. The van der Waals surface area contributed by atoms with E-state index in [2.05, 4.69) is 14.8 Å². The van der Waals surface area contributed by atoms with E-state index in [1.807, 2.05) is 24.4 Å². The molecular formula is C23H18Cl2N4O3S. The van der Waals surface area contributed by atoms with Gasteiger partial charge in [0.2, 0.25) is 0 Å². The van der Waals surface area contributed by atoms with Gasteiger partial charge < -0.3 is 5.11 Å². The third-order valence-electron chi connectivity index (χ3n) is 5.41. The first kappa shape index (κ1) is 21.9. The first-order valence-electron chi connectivity index (χ1n) is 10.2. The van der Waals surface area contributed by atoms with Crippen molar-refractivity contribution in [2.24, 2.45) is 0 Å². The molecule has 4 aromatic rings. The number of rotatable bonds is 7. The Hall–Kier alpha value is -2.94. The molecule has 2 aromatic carbocycles. The molecule has 10 heteroatoms. The van der Waals surface area contributed by atoms with Gasteiger partial charge in [-0.2, -0.15) is 5.10 Å². The van der Waals surface area contributed by atoms with Crippen molar-refractivity contribution in [2.45, 2.75) is 30.3 Å². The van der Waals surface area contributed by atoms with Crippen molar-refractivity contribution in [1.82, 2.24) is 14.8 Å². The summed E-state index contributed by atoms with van der Waals surface area (Å²) in [7, 11) is -1.71. The molecular weight excluding hydrogens is 483 g/mol. The lowest BCUT2D eigenvalue weighted by atomic mass is 10.1. The van der Waals surface area contributed by atoms with Crippen LogP contribution in [0.15, 0.2) is 65.8 Å². The summed E-state index contributed by atoms with van der Waals surface area (Å²) in [6.45, 7) is 0.256. The topological polar surface area (TPSA) is 88.3 Å². The Morgan fingerprint density at radius 1 is 1.12 bits per heavy atom. The van der Waals surface area contributed by atoms with Crippen molar-refractivity contribution >= 4 is 56.9 Å². The molecule has 1 atom stereocenters. The molecule has 2 heterocycles. The Bertz CT molecular complexity index is 1390. The van der Waals surface area contributed by atoms with Crippen LogP contribution in [0.4, 0.5) is 5.82 Å². The second-order valence-corrected chi connectivity index (χ2v) is 10.0. The Morgan fingerprint density at radius 2 is 1.88 bits per heavy atom. The summed E-state index contributed by atoms with van der Waals surface area (Å²) < 4.78 is 17.2. The van der Waals surface area contributed by atoms with Crippen molar-refractivity contribution in [2.75, 3.05) is 4.31 Å². The number of anilines is 1. The Morgan fingerprint density at radius 3 is 2.55 bits per heavy atom. The molecule has 1 N–H and O–H groups in total. The fourth-order valence-electron chi connectivity index (χ4n) is 3.62. The number of aromatic carboxylic acids is 1. The second kappa shape index (κ2) is 8.78.